The van der Waals surface area contributed by atoms with Gasteiger partial charge in [0.05, 0.1) is 12.4 Å². The van der Waals surface area contributed by atoms with Gasteiger partial charge in [0.2, 0.25) is 0 Å². The molecule has 0 saturated heterocycles. The lowest BCUT2D eigenvalue weighted by Gasteiger charge is -2.09. The van der Waals surface area contributed by atoms with Crippen LogP contribution in [0.15, 0.2) is 25.0 Å². The van der Waals surface area contributed by atoms with Crippen molar-refractivity contribution in [1.82, 2.24) is 0 Å². The summed E-state index contributed by atoms with van der Waals surface area (Å²) >= 11 is 0. The van der Waals surface area contributed by atoms with Crippen LogP contribution in [0, 0.1) is 0 Å². The second-order valence-electron chi connectivity index (χ2n) is 2.55. The Kier molecular flexibility index (Phi) is 5.20. The first kappa shape index (κ1) is 12.9. The quantitative estimate of drug-likeness (QED) is 0.317. The molecule has 0 amide bonds. The van der Waals surface area contributed by atoms with E-state index in [0.29, 0.717) is 0 Å². The van der Waals surface area contributed by atoms with E-state index in [2.05, 4.69) is 22.4 Å². The SMILES string of the molecule is C=COP(=O)(O)CCOC(=O)C(=C)C. The molecular weight excluding hydrogens is 207 g/mol. The maximum absolute atomic E-state index is 11.0. The predicted octanol–water partition coefficient (Wildman–Crippen LogP) is 1.45. The van der Waals surface area contributed by atoms with Gasteiger partial charge in [0, 0.05) is 5.57 Å². The summed E-state index contributed by atoms with van der Waals surface area (Å²) in [7, 11) is -3.70. The average Bonchev–Trinajstić information content (AvgIpc) is 2.03. The van der Waals surface area contributed by atoms with Gasteiger partial charge in [0.1, 0.15) is 6.61 Å². The molecule has 0 aliphatic heterocycles. The minimum Gasteiger partial charge on any atom is -0.462 e. The molecular formula is C8H13O5P. The molecule has 5 nitrogen and oxygen atoms in total. The highest BCUT2D eigenvalue weighted by molar-refractivity contribution is 7.52. The highest BCUT2D eigenvalue weighted by Crippen LogP contribution is 2.41. The van der Waals surface area contributed by atoms with E-state index in [1.807, 2.05) is 0 Å². The van der Waals surface area contributed by atoms with Gasteiger partial charge in [-0.1, -0.05) is 13.2 Å². The molecule has 0 radical (unpaired) electrons. The van der Waals surface area contributed by atoms with Gasteiger partial charge in [0.15, 0.2) is 0 Å². The lowest BCUT2D eigenvalue weighted by molar-refractivity contribution is -0.138. The molecule has 0 aliphatic carbocycles. The molecule has 0 aliphatic rings. The average molecular weight is 220 g/mol. The highest BCUT2D eigenvalue weighted by Gasteiger charge is 2.19. The Morgan fingerprint density at radius 3 is 2.64 bits per heavy atom. The molecule has 0 aromatic heterocycles. The maximum Gasteiger partial charge on any atom is 0.379 e. The number of hydrogen-bond acceptors (Lipinski definition) is 4. The molecule has 14 heavy (non-hydrogen) atoms. The molecule has 0 fully saturated rings. The van der Waals surface area contributed by atoms with Gasteiger partial charge in [-0.05, 0) is 6.92 Å². The third kappa shape index (κ3) is 5.56. The summed E-state index contributed by atoms with van der Waals surface area (Å²) in [5.41, 5.74) is 0.238. The van der Waals surface area contributed by atoms with E-state index in [0.717, 1.165) is 6.26 Å². The zero-order valence-electron chi connectivity index (χ0n) is 7.93. The maximum atomic E-state index is 11.0. The van der Waals surface area contributed by atoms with Crippen molar-refractivity contribution in [3.63, 3.8) is 0 Å². The van der Waals surface area contributed by atoms with Gasteiger partial charge in [0.25, 0.3) is 0 Å². The first-order chi connectivity index (χ1) is 6.39. The number of carbonyl (C=O) groups excluding carboxylic acids is 1. The number of rotatable bonds is 6. The second-order valence-corrected chi connectivity index (χ2v) is 4.48. The topological polar surface area (TPSA) is 72.8 Å². The van der Waals surface area contributed by atoms with Crippen molar-refractivity contribution in [2.45, 2.75) is 6.92 Å². The smallest absolute Gasteiger partial charge is 0.379 e. The van der Waals surface area contributed by atoms with Crippen LogP contribution in [0.2, 0.25) is 0 Å². The van der Waals surface area contributed by atoms with E-state index in [9.17, 15) is 9.36 Å². The Balaban J connectivity index is 3.85. The van der Waals surface area contributed by atoms with Gasteiger partial charge in [-0.25, -0.2) is 9.36 Å². The van der Waals surface area contributed by atoms with Crippen molar-refractivity contribution in [2.24, 2.45) is 0 Å². The van der Waals surface area contributed by atoms with Gasteiger partial charge < -0.3 is 14.2 Å². The summed E-state index contributed by atoms with van der Waals surface area (Å²) in [5.74, 6) is -0.594. The van der Waals surface area contributed by atoms with Crippen LogP contribution in [-0.2, 0) is 18.6 Å². The highest BCUT2D eigenvalue weighted by atomic mass is 31.2. The zero-order valence-corrected chi connectivity index (χ0v) is 8.83. The fraction of sp³-hybridized carbons (Fsp3) is 0.375. The van der Waals surface area contributed by atoms with Gasteiger partial charge in [-0.2, -0.15) is 0 Å². The summed E-state index contributed by atoms with van der Waals surface area (Å²) in [6.07, 6.45) is 0.611. The van der Waals surface area contributed by atoms with Crippen LogP contribution >= 0.6 is 7.60 Å². The monoisotopic (exact) mass is 220 g/mol. The van der Waals surface area contributed by atoms with Gasteiger partial charge in [-0.15, -0.1) is 0 Å². The molecule has 1 N–H and O–H groups in total. The van der Waals surface area contributed by atoms with E-state index in [-0.39, 0.29) is 18.3 Å². The van der Waals surface area contributed by atoms with Crippen LogP contribution in [0.1, 0.15) is 6.92 Å². The van der Waals surface area contributed by atoms with E-state index < -0.39 is 13.6 Å². The second kappa shape index (κ2) is 5.62. The normalized spacial score (nSPS) is 13.9. The van der Waals surface area contributed by atoms with E-state index in [1.165, 1.54) is 6.92 Å². The van der Waals surface area contributed by atoms with E-state index in [4.69, 9.17) is 4.89 Å². The number of carbonyl (C=O) groups is 1. The largest absolute Gasteiger partial charge is 0.462 e. The zero-order chi connectivity index (χ0) is 11.2. The summed E-state index contributed by atoms with van der Waals surface area (Å²) in [6, 6.07) is 0. The lowest BCUT2D eigenvalue weighted by Crippen LogP contribution is -2.09. The molecule has 0 spiro atoms. The van der Waals surface area contributed by atoms with E-state index in [1.54, 1.807) is 0 Å². The summed E-state index contributed by atoms with van der Waals surface area (Å²) in [6.45, 7) is 7.79. The standard InChI is InChI=1S/C8H13O5P/c1-4-13-14(10,11)6-5-12-8(9)7(2)3/h4H,1-2,5-6H2,3H3,(H,10,11). The predicted molar refractivity (Wildman–Crippen MR) is 51.7 cm³/mol. The van der Waals surface area contributed by atoms with Crippen LogP contribution < -0.4 is 0 Å². The van der Waals surface area contributed by atoms with Crippen molar-refractivity contribution in [3.05, 3.63) is 25.0 Å². The van der Waals surface area contributed by atoms with Crippen molar-refractivity contribution < 1.29 is 23.5 Å². The van der Waals surface area contributed by atoms with Crippen LogP contribution in [0.25, 0.3) is 0 Å². The first-order valence-electron chi connectivity index (χ1n) is 3.83. The molecule has 0 rings (SSSR count). The molecule has 80 valence electrons. The first-order valence-corrected chi connectivity index (χ1v) is 5.59. The third-order valence-corrected chi connectivity index (χ3v) is 2.42. The summed E-state index contributed by atoms with van der Waals surface area (Å²) in [4.78, 5) is 19.8. The number of esters is 1. The molecule has 0 aromatic rings. The Labute approximate surface area is 82.6 Å². The van der Waals surface area contributed by atoms with Crippen molar-refractivity contribution in [1.29, 1.82) is 0 Å². The summed E-state index contributed by atoms with van der Waals surface area (Å²) in [5, 5.41) is 0. The fourth-order valence-corrected chi connectivity index (χ4v) is 1.21. The molecule has 0 saturated carbocycles. The van der Waals surface area contributed by atoms with E-state index >= 15 is 0 Å². The van der Waals surface area contributed by atoms with Gasteiger partial charge in [-0.3, -0.25) is 0 Å². The van der Waals surface area contributed by atoms with Gasteiger partial charge >= 0.3 is 13.6 Å². The lowest BCUT2D eigenvalue weighted by atomic mass is 10.4. The van der Waals surface area contributed by atoms with Crippen molar-refractivity contribution >= 4 is 13.6 Å². The van der Waals surface area contributed by atoms with Crippen molar-refractivity contribution in [2.75, 3.05) is 12.8 Å². The molecule has 6 heteroatoms. The van der Waals surface area contributed by atoms with Crippen LogP contribution in [0.5, 0.6) is 0 Å². The van der Waals surface area contributed by atoms with Crippen LogP contribution in [0.3, 0.4) is 0 Å². The minimum absolute atomic E-state index is 0.187. The Morgan fingerprint density at radius 1 is 1.64 bits per heavy atom. The van der Waals surface area contributed by atoms with Crippen LogP contribution in [-0.4, -0.2) is 23.6 Å². The molecule has 0 aromatic carbocycles. The Bertz CT molecular complexity index is 283. The third-order valence-electron chi connectivity index (χ3n) is 1.19. The Hall–Kier alpha value is -1.06. The molecule has 0 heterocycles. The Morgan fingerprint density at radius 2 is 2.21 bits per heavy atom. The summed E-state index contributed by atoms with van der Waals surface area (Å²) < 4.78 is 19.9. The van der Waals surface area contributed by atoms with Crippen LogP contribution in [0.4, 0.5) is 0 Å². The molecule has 1 atom stereocenters. The van der Waals surface area contributed by atoms with Crippen molar-refractivity contribution in [3.8, 4) is 0 Å². The molecule has 1 unspecified atom stereocenters. The number of hydrogen-bond donors (Lipinski definition) is 1. The molecule has 0 bridgehead atoms. The minimum atomic E-state index is -3.70. The fourth-order valence-electron chi connectivity index (χ4n) is 0.546. The number of ether oxygens (including phenoxy) is 1.